The van der Waals surface area contributed by atoms with Crippen molar-refractivity contribution in [2.75, 3.05) is 13.2 Å². The van der Waals surface area contributed by atoms with E-state index in [4.69, 9.17) is 9.47 Å². The predicted molar refractivity (Wildman–Crippen MR) is 315 cm³/mol. The van der Waals surface area contributed by atoms with Crippen molar-refractivity contribution in [3.63, 3.8) is 0 Å². The molecule has 0 heterocycles. The summed E-state index contributed by atoms with van der Waals surface area (Å²) in [5.41, 5.74) is 0. The second kappa shape index (κ2) is 61.9. The zero-order valence-electron chi connectivity index (χ0n) is 47.2. The van der Waals surface area contributed by atoms with Crippen molar-refractivity contribution < 1.29 is 24.2 Å². The van der Waals surface area contributed by atoms with Gasteiger partial charge in [-0.25, -0.2) is 0 Å². The Morgan fingerprint density at radius 1 is 0.319 bits per heavy atom. The Kier molecular flexibility index (Phi) is 58.9. The molecule has 0 aliphatic rings. The number of aliphatic hydroxyl groups excluding tert-OH is 1. The van der Waals surface area contributed by atoms with Crippen molar-refractivity contribution in [2.45, 2.75) is 290 Å². The molecule has 0 amide bonds. The lowest BCUT2D eigenvalue weighted by Crippen LogP contribution is -2.28. The molecular weight excluding hydrogens is 885 g/mol. The second-order valence-corrected chi connectivity index (χ2v) is 20.0. The molecule has 0 fully saturated rings. The van der Waals surface area contributed by atoms with E-state index in [1.165, 1.54) is 154 Å². The van der Waals surface area contributed by atoms with Crippen LogP contribution in [0.4, 0.5) is 0 Å². The fourth-order valence-electron chi connectivity index (χ4n) is 8.58. The second-order valence-electron chi connectivity index (χ2n) is 20.0. The Labute approximate surface area is 446 Å². The summed E-state index contributed by atoms with van der Waals surface area (Å²) in [5, 5.41) is 9.67. The van der Waals surface area contributed by atoms with E-state index in [1.807, 2.05) is 0 Å². The molecule has 0 aromatic carbocycles. The van der Waals surface area contributed by atoms with Crippen LogP contribution in [0, 0.1) is 0 Å². The zero-order valence-corrected chi connectivity index (χ0v) is 47.2. The van der Waals surface area contributed by atoms with E-state index >= 15 is 0 Å². The van der Waals surface area contributed by atoms with Crippen molar-refractivity contribution in [2.24, 2.45) is 0 Å². The summed E-state index contributed by atoms with van der Waals surface area (Å²) in [4.78, 5) is 24.6. The minimum Gasteiger partial charge on any atom is -0.462 e. The highest BCUT2D eigenvalue weighted by Crippen LogP contribution is 2.17. The highest BCUT2D eigenvalue weighted by atomic mass is 16.6. The van der Waals surface area contributed by atoms with Gasteiger partial charge in [-0.3, -0.25) is 9.59 Å². The highest BCUT2D eigenvalue weighted by molar-refractivity contribution is 5.70. The van der Waals surface area contributed by atoms with Crippen LogP contribution in [0.1, 0.15) is 284 Å². The number of hydrogen-bond acceptors (Lipinski definition) is 5. The van der Waals surface area contributed by atoms with Crippen molar-refractivity contribution in [1.29, 1.82) is 0 Å². The van der Waals surface area contributed by atoms with Gasteiger partial charge in [0.05, 0.1) is 6.61 Å². The Hall–Kier alpha value is -3.44. The van der Waals surface area contributed by atoms with Gasteiger partial charge in [0.25, 0.3) is 0 Å². The van der Waals surface area contributed by atoms with Gasteiger partial charge in [0.15, 0.2) is 6.10 Å². The summed E-state index contributed by atoms with van der Waals surface area (Å²) in [6.45, 7) is 3.92. The van der Waals surface area contributed by atoms with Gasteiger partial charge in [0, 0.05) is 12.8 Å². The molecule has 0 saturated heterocycles. The molecule has 5 nitrogen and oxygen atoms in total. The molecule has 0 rings (SSSR count). The largest absolute Gasteiger partial charge is 0.462 e. The predicted octanol–water partition coefficient (Wildman–Crippen LogP) is 20.9. The number of esters is 2. The quantitative estimate of drug-likeness (QED) is 0.0373. The lowest BCUT2D eigenvalue weighted by atomic mass is 10.0. The molecule has 0 aromatic rings. The molecule has 5 heteroatoms. The van der Waals surface area contributed by atoms with Gasteiger partial charge in [-0.05, 0) is 96.3 Å². The lowest BCUT2D eigenvalue weighted by molar-refractivity contribution is -0.161. The molecule has 0 bridgehead atoms. The molecule has 0 radical (unpaired) electrons. The number of rotatable bonds is 55. The summed E-state index contributed by atoms with van der Waals surface area (Å²) in [5.74, 6) is -0.598. The van der Waals surface area contributed by atoms with Gasteiger partial charge in [-0.15, -0.1) is 0 Å². The normalized spacial score (nSPS) is 13.0. The minimum absolute atomic E-state index is 0.0729. The third kappa shape index (κ3) is 59.1. The van der Waals surface area contributed by atoms with Gasteiger partial charge >= 0.3 is 11.9 Å². The first kappa shape index (κ1) is 68.6. The monoisotopic (exact) mass is 999 g/mol. The van der Waals surface area contributed by atoms with Gasteiger partial charge in [0.1, 0.15) is 6.61 Å². The third-order valence-corrected chi connectivity index (χ3v) is 13.1. The molecular formula is C67H114O5. The van der Waals surface area contributed by atoms with E-state index in [1.54, 1.807) is 0 Å². The number of hydrogen-bond donors (Lipinski definition) is 1. The Morgan fingerprint density at radius 3 is 0.833 bits per heavy atom. The SMILES string of the molecule is CC/C=C\C/C=C\C/C=C\C/C=C\C/C=C\CCCCCCCCCC(=O)OC(CO)COC(=O)CCCCCCCCCCCCCCCCCCCCCCCC/C=C\C/C=C\C/C=C\C/C=C\CC. The van der Waals surface area contributed by atoms with Crippen LogP contribution in [0.25, 0.3) is 0 Å². The highest BCUT2D eigenvalue weighted by Gasteiger charge is 2.16. The molecule has 1 unspecified atom stereocenters. The van der Waals surface area contributed by atoms with Crippen molar-refractivity contribution in [3.8, 4) is 0 Å². The average molecular weight is 1000 g/mol. The molecule has 0 aromatic heterocycles. The first-order chi connectivity index (χ1) is 35.6. The average Bonchev–Trinajstić information content (AvgIpc) is 3.38. The summed E-state index contributed by atoms with van der Waals surface area (Å²) in [6.07, 6.45) is 89.4. The summed E-state index contributed by atoms with van der Waals surface area (Å²) in [7, 11) is 0. The number of carbonyl (C=O) groups excluding carboxylic acids is 2. The molecule has 0 aliphatic carbocycles. The van der Waals surface area contributed by atoms with Crippen molar-refractivity contribution in [3.05, 3.63) is 109 Å². The van der Waals surface area contributed by atoms with Crippen LogP contribution in [-0.2, 0) is 19.1 Å². The maximum absolute atomic E-state index is 12.3. The number of aliphatic hydroxyl groups is 1. The number of unbranched alkanes of at least 4 members (excludes halogenated alkanes) is 29. The molecule has 1 atom stereocenters. The van der Waals surface area contributed by atoms with Gasteiger partial charge < -0.3 is 14.6 Å². The standard InChI is InChI=1S/C67H114O5/c1-3-5-7-9-11-13-15-17-19-21-23-25-27-28-29-30-31-32-33-34-35-36-37-38-40-41-43-45-47-49-51-53-55-57-59-61-66(69)71-64-65(63-68)72-67(70)62-60-58-56-54-52-50-48-46-44-42-39-26-24-22-20-18-16-14-12-10-8-6-4-2/h5-8,11-14,17-20,23-26,42,44,65,68H,3-4,9-10,15-16,21-22,27-41,43,45-64H2,1-2H3/b7-5-,8-6-,13-11-,14-12-,19-17-,20-18-,25-23-,26-24-,44-42-. The van der Waals surface area contributed by atoms with Crippen LogP contribution < -0.4 is 0 Å². The van der Waals surface area contributed by atoms with Gasteiger partial charge in [-0.1, -0.05) is 284 Å². The Morgan fingerprint density at radius 2 is 0.556 bits per heavy atom. The minimum atomic E-state index is -0.784. The van der Waals surface area contributed by atoms with Gasteiger partial charge in [0.2, 0.25) is 0 Å². The number of carbonyl (C=O) groups is 2. The maximum atomic E-state index is 12.3. The fourth-order valence-corrected chi connectivity index (χ4v) is 8.58. The van der Waals surface area contributed by atoms with Crippen molar-refractivity contribution >= 4 is 11.9 Å². The smallest absolute Gasteiger partial charge is 0.306 e. The van der Waals surface area contributed by atoms with Crippen LogP contribution in [0.15, 0.2) is 109 Å². The summed E-state index contributed by atoms with van der Waals surface area (Å²) < 4.78 is 10.7. The van der Waals surface area contributed by atoms with Crippen LogP contribution in [0.3, 0.4) is 0 Å². The van der Waals surface area contributed by atoms with E-state index in [0.29, 0.717) is 12.8 Å². The van der Waals surface area contributed by atoms with E-state index in [-0.39, 0.29) is 25.2 Å². The van der Waals surface area contributed by atoms with E-state index in [2.05, 4.69) is 123 Å². The molecule has 0 aliphatic heterocycles. The molecule has 412 valence electrons. The molecule has 1 N–H and O–H groups in total. The summed E-state index contributed by atoms with van der Waals surface area (Å²) in [6, 6.07) is 0. The first-order valence-corrected chi connectivity index (χ1v) is 30.4. The van der Waals surface area contributed by atoms with Crippen LogP contribution >= 0.6 is 0 Å². The number of allylic oxidation sites excluding steroid dienone is 18. The van der Waals surface area contributed by atoms with Gasteiger partial charge in [-0.2, -0.15) is 0 Å². The molecule has 0 saturated carbocycles. The zero-order chi connectivity index (χ0) is 52.0. The van der Waals surface area contributed by atoms with Crippen molar-refractivity contribution in [1.82, 2.24) is 0 Å². The Bertz CT molecular complexity index is 1410. The topological polar surface area (TPSA) is 72.8 Å². The van der Waals surface area contributed by atoms with E-state index in [0.717, 1.165) is 103 Å². The lowest BCUT2D eigenvalue weighted by Gasteiger charge is -2.15. The third-order valence-electron chi connectivity index (χ3n) is 13.1. The van der Waals surface area contributed by atoms with E-state index in [9.17, 15) is 14.7 Å². The molecule has 72 heavy (non-hydrogen) atoms. The molecule has 0 spiro atoms. The van der Waals surface area contributed by atoms with E-state index < -0.39 is 6.10 Å². The fraction of sp³-hybridized carbons (Fsp3) is 0.701. The first-order valence-electron chi connectivity index (χ1n) is 30.4. The Balaban J connectivity index is 3.47. The maximum Gasteiger partial charge on any atom is 0.306 e. The van der Waals surface area contributed by atoms with Crippen LogP contribution in [0.5, 0.6) is 0 Å². The van der Waals surface area contributed by atoms with Crippen LogP contribution in [0.2, 0.25) is 0 Å². The van der Waals surface area contributed by atoms with Crippen LogP contribution in [-0.4, -0.2) is 36.4 Å². The summed E-state index contributed by atoms with van der Waals surface area (Å²) >= 11 is 0. The number of ether oxygens (including phenoxy) is 2.